The number of carbonyl (C=O) groups excluding carboxylic acids is 1. The zero-order valence-corrected chi connectivity index (χ0v) is 11.2. The van der Waals surface area contributed by atoms with Crippen LogP contribution in [0.15, 0.2) is 29.1 Å². The minimum absolute atomic E-state index is 0.0533. The van der Waals surface area contributed by atoms with Gasteiger partial charge in [0.15, 0.2) is 0 Å². The van der Waals surface area contributed by atoms with Crippen molar-refractivity contribution in [1.29, 1.82) is 0 Å². The predicted molar refractivity (Wildman–Crippen MR) is 69.7 cm³/mol. The van der Waals surface area contributed by atoms with E-state index in [9.17, 15) is 4.79 Å². The van der Waals surface area contributed by atoms with Crippen LogP contribution in [0.5, 0.6) is 0 Å². The van der Waals surface area contributed by atoms with Crippen LogP contribution in [0.4, 0.5) is 0 Å². The van der Waals surface area contributed by atoms with Gasteiger partial charge in [-0.15, -0.1) is 0 Å². The normalized spacial score (nSPS) is 19.1. The number of hydrogen-bond donors (Lipinski definition) is 0. The Kier molecular flexibility index (Phi) is 2.89. The first kappa shape index (κ1) is 12.0. The van der Waals surface area contributed by atoms with E-state index in [4.69, 9.17) is 4.42 Å². The third-order valence-electron chi connectivity index (χ3n) is 3.71. The smallest absolute Gasteiger partial charge is 0.257 e. The van der Waals surface area contributed by atoms with E-state index in [1.807, 2.05) is 31.3 Å². The van der Waals surface area contributed by atoms with Crippen molar-refractivity contribution in [3.63, 3.8) is 0 Å². The summed E-state index contributed by atoms with van der Waals surface area (Å²) in [4.78, 5) is 14.5. The van der Waals surface area contributed by atoms with Gasteiger partial charge in [0.1, 0.15) is 5.76 Å². The summed E-state index contributed by atoms with van der Waals surface area (Å²) < 4.78 is 7.00. The fourth-order valence-electron chi connectivity index (χ4n) is 2.73. The first-order chi connectivity index (χ1) is 9.16. The molecule has 3 rings (SSSR count). The second kappa shape index (κ2) is 4.57. The molecule has 5 heteroatoms. The van der Waals surface area contributed by atoms with Crippen LogP contribution >= 0.6 is 0 Å². The van der Waals surface area contributed by atoms with Crippen molar-refractivity contribution in [3.05, 3.63) is 41.6 Å². The number of hydrogen-bond acceptors (Lipinski definition) is 3. The van der Waals surface area contributed by atoms with E-state index in [-0.39, 0.29) is 11.9 Å². The molecule has 0 N–H and O–H groups in total. The highest BCUT2D eigenvalue weighted by Crippen LogP contribution is 2.33. The summed E-state index contributed by atoms with van der Waals surface area (Å²) in [5.41, 5.74) is 1.77. The third-order valence-corrected chi connectivity index (χ3v) is 3.71. The number of aromatic nitrogens is 2. The number of likely N-dealkylation sites (tertiary alicyclic amines) is 1. The molecule has 0 unspecified atom stereocenters. The van der Waals surface area contributed by atoms with Gasteiger partial charge in [0, 0.05) is 25.4 Å². The van der Waals surface area contributed by atoms with Crippen molar-refractivity contribution in [2.45, 2.75) is 25.8 Å². The molecule has 1 amide bonds. The molecular weight excluding hydrogens is 242 g/mol. The molecule has 0 aliphatic carbocycles. The molecule has 2 aromatic heterocycles. The van der Waals surface area contributed by atoms with Gasteiger partial charge in [-0.3, -0.25) is 9.48 Å². The van der Waals surface area contributed by atoms with Gasteiger partial charge < -0.3 is 9.32 Å². The minimum Gasteiger partial charge on any atom is -0.469 e. The molecule has 0 saturated carbocycles. The van der Waals surface area contributed by atoms with Crippen molar-refractivity contribution in [3.8, 4) is 0 Å². The molecule has 0 bridgehead atoms. The number of carbonyl (C=O) groups is 1. The van der Waals surface area contributed by atoms with Gasteiger partial charge >= 0.3 is 0 Å². The largest absolute Gasteiger partial charge is 0.469 e. The van der Waals surface area contributed by atoms with Crippen molar-refractivity contribution in [1.82, 2.24) is 14.7 Å². The summed E-state index contributed by atoms with van der Waals surface area (Å²) >= 11 is 0. The lowest BCUT2D eigenvalue weighted by molar-refractivity contribution is 0.0734. The lowest BCUT2D eigenvalue weighted by Crippen LogP contribution is -2.30. The second-order valence-electron chi connectivity index (χ2n) is 4.99. The topological polar surface area (TPSA) is 51.3 Å². The van der Waals surface area contributed by atoms with Crippen LogP contribution < -0.4 is 0 Å². The van der Waals surface area contributed by atoms with E-state index in [0.29, 0.717) is 11.3 Å². The molecule has 0 radical (unpaired) electrons. The number of nitrogens with zero attached hydrogens (tertiary/aromatic N) is 3. The van der Waals surface area contributed by atoms with Crippen LogP contribution in [0, 0.1) is 6.92 Å². The third kappa shape index (κ3) is 2.05. The zero-order valence-electron chi connectivity index (χ0n) is 11.2. The van der Waals surface area contributed by atoms with Crippen LogP contribution in [0.1, 0.15) is 40.6 Å². The highest BCUT2D eigenvalue weighted by atomic mass is 16.3. The molecular formula is C14H17N3O2. The molecule has 3 heterocycles. The Labute approximate surface area is 111 Å². The summed E-state index contributed by atoms with van der Waals surface area (Å²) in [7, 11) is 1.89. The Hall–Kier alpha value is -2.04. The molecule has 1 fully saturated rings. The maximum atomic E-state index is 12.6. The van der Waals surface area contributed by atoms with E-state index < -0.39 is 0 Å². The highest BCUT2D eigenvalue weighted by molar-refractivity contribution is 5.95. The standard InChI is InChI=1S/C14H17N3O2/c1-10-12(5-7-19-10)14(18)17-6-3-4-13(17)11-8-15-16(2)9-11/h5,7-9,13H,3-4,6H2,1-2H3/t13-/m0/s1. The van der Waals surface area contributed by atoms with Crippen molar-refractivity contribution < 1.29 is 9.21 Å². The van der Waals surface area contributed by atoms with E-state index in [0.717, 1.165) is 24.9 Å². The monoisotopic (exact) mass is 259 g/mol. The fraction of sp³-hybridized carbons (Fsp3) is 0.429. The average molecular weight is 259 g/mol. The van der Waals surface area contributed by atoms with Gasteiger partial charge in [-0.05, 0) is 25.8 Å². The molecule has 1 aliphatic heterocycles. The number of furan rings is 1. The van der Waals surface area contributed by atoms with Crippen molar-refractivity contribution >= 4 is 5.91 Å². The molecule has 1 aliphatic rings. The van der Waals surface area contributed by atoms with E-state index in [1.54, 1.807) is 17.0 Å². The van der Waals surface area contributed by atoms with Crippen LogP contribution in [-0.4, -0.2) is 27.1 Å². The summed E-state index contributed by atoms with van der Waals surface area (Å²) in [6, 6.07) is 1.88. The Balaban J connectivity index is 1.88. The van der Waals surface area contributed by atoms with Crippen LogP contribution in [0.25, 0.3) is 0 Å². The van der Waals surface area contributed by atoms with Gasteiger partial charge in [-0.1, -0.05) is 0 Å². The van der Waals surface area contributed by atoms with Crippen LogP contribution in [0.3, 0.4) is 0 Å². The first-order valence-corrected chi connectivity index (χ1v) is 6.50. The van der Waals surface area contributed by atoms with Crippen LogP contribution in [0.2, 0.25) is 0 Å². The maximum Gasteiger partial charge on any atom is 0.257 e. The van der Waals surface area contributed by atoms with Crippen molar-refractivity contribution in [2.75, 3.05) is 6.54 Å². The summed E-state index contributed by atoms with van der Waals surface area (Å²) in [5.74, 6) is 0.736. The SMILES string of the molecule is Cc1occc1C(=O)N1CCC[C@H]1c1cnn(C)c1. The van der Waals surface area contributed by atoms with Gasteiger partial charge in [-0.2, -0.15) is 5.10 Å². The molecule has 0 aromatic carbocycles. The first-order valence-electron chi connectivity index (χ1n) is 6.50. The minimum atomic E-state index is 0.0533. The second-order valence-corrected chi connectivity index (χ2v) is 4.99. The molecule has 5 nitrogen and oxygen atoms in total. The Morgan fingerprint density at radius 1 is 1.53 bits per heavy atom. The van der Waals surface area contributed by atoms with E-state index in [2.05, 4.69) is 5.10 Å². The Bertz CT molecular complexity index is 599. The van der Waals surface area contributed by atoms with Gasteiger partial charge in [-0.25, -0.2) is 0 Å². The molecule has 1 atom stereocenters. The maximum absolute atomic E-state index is 12.6. The zero-order chi connectivity index (χ0) is 13.4. The number of aryl methyl sites for hydroxylation is 2. The summed E-state index contributed by atoms with van der Waals surface area (Å²) in [6.07, 6.45) is 7.42. The van der Waals surface area contributed by atoms with Crippen molar-refractivity contribution in [2.24, 2.45) is 7.05 Å². The van der Waals surface area contributed by atoms with E-state index in [1.165, 1.54) is 0 Å². The molecule has 0 spiro atoms. The molecule has 1 saturated heterocycles. The number of rotatable bonds is 2. The van der Waals surface area contributed by atoms with Crippen LogP contribution in [-0.2, 0) is 7.05 Å². The quantitative estimate of drug-likeness (QED) is 0.831. The Morgan fingerprint density at radius 3 is 3.00 bits per heavy atom. The lowest BCUT2D eigenvalue weighted by Gasteiger charge is -2.23. The molecule has 19 heavy (non-hydrogen) atoms. The Morgan fingerprint density at radius 2 is 2.37 bits per heavy atom. The summed E-state index contributed by atoms with van der Waals surface area (Å²) in [5, 5.41) is 4.20. The number of amides is 1. The fourth-order valence-corrected chi connectivity index (χ4v) is 2.73. The van der Waals surface area contributed by atoms with E-state index >= 15 is 0 Å². The summed E-state index contributed by atoms with van der Waals surface area (Å²) in [6.45, 7) is 2.62. The molecule has 2 aromatic rings. The predicted octanol–water partition coefficient (Wildman–Crippen LogP) is 2.30. The molecule has 100 valence electrons. The lowest BCUT2D eigenvalue weighted by atomic mass is 10.1. The van der Waals surface area contributed by atoms with Gasteiger partial charge in [0.2, 0.25) is 0 Å². The average Bonchev–Trinajstić information content (AvgIpc) is 3.07. The van der Waals surface area contributed by atoms with Gasteiger partial charge in [0.05, 0.1) is 24.1 Å². The van der Waals surface area contributed by atoms with Gasteiger partial charge in [0.25, 0.3) is 5.91 Å². The highest BCUT2D eigenvalue weighted by Gasteiger charge is 2.32.